The minimum absolute atomic E-state index is 0.128. The molecule has 31 heavy (non-hydrogen) atoms. The normalized spacial score (nSPS) is 10.9. The van der Waals surface area contributed by atoms with Gasteiger partial charge in [-0.1, -0.05) is 59.6 Å². The van der Waals surface area contributed by atoms with Crippen molar-refractivity contribution in [3.05, 3.63) is 105 Å². The molecule has 0 aliphatic carbocycles. The van der Waals surface area contributed by atoms with Crippen molar-refractivity contribution >= 4 is 46.0 Å². The van der Waals surface area contributed by atoms with E-state index in [4.69, 9.17) is 23.2 Å². The summed E-state index contributed by atoms with van der Waals surface area (Å²) < 4.78 is 1.68. The van der Waals surface area contributed by atoms with Crippen molar-refractivity contribution in [2.75, 3.05) is 0 Å². The van der Waals surface area contributed by atoms with E-state index in [0.717, 1.165) is 11.1 Å². The molecule has 7 heteroatoms. The average molecular weight is 453 g/mol. The first-order valence-electron chi connectivity index (χ1n) is 9.55. The number of benzene rings is 3. The van der Waals surface area contributed by atoms with Crippen LogP contribution in [0.15, 0.2) is 72.8 Å². The maximum atomic E-state index is 12.6. The predicted molar refractivity (Wildman–Crippen MR) is 122 cm³/mol. The molecular formula is C24H18Cl2N2O3. The van der Waals surface area contributed by atoms with E-state index in [1.807, 2.05) is 30.3 Å². The second-order valence-corrected chi connectivity index (χ2v) is 7.93. The second kappa shape index (κ2) is 8.84. The van der Waals surface area contributed by atoms with Crippen molar-refractivity contribution in [3.63, 3.8) is 0 Å². The third-order valence-electron chi connectivity index (χ3n) is 5.00. The molecule has 3 aromatic carbocycles. The zero-order chi connectivity index (χ0) is 22.0. The molecule has 0 radical (unpaired) electrons. The average Bonchev–Trinajstić information content (AvgIpc) is 3.13. The number of nitrogens with zero attached hydrogens (tertiary/aromatic N) is 1. The molecule has 0 atom stereocenters. The van der Waals surface area contributed by atoms with Crippen LogP contribution in [0.25, 0.3) is 10.9 Å². The highest BCUT2D eigenvalue weighted by molar-refractivity contribution is 6.42. The summed E-state index contributed by atoms with van der Waals surface area (Å²) in [4.78, 5) is 24.4. The van der Waals surface area contributed by atoms with Crippen LogP contribution >= 0.6 is 23.2 Å². The summed E-state index contributed by atoms with van der Waals surface area (Å²) >= 11 is 12.1. The van der Waals surface area contributed by atoms with Gasteiger partial charge in [0, 0.05) is 29.6 Å². The number of halogens is 2. The van der Waals surface area contributed by atoms with Gasteiger partial charge in [0.05, 0.1) is 10.0 Å². The van der Waals surface area contributed by atoms with Crippen LogP contribution in [0.3, 0.4) is 0 Å². The van der Waals surface area contributed by atoms with E-state index in [1.165, 1.54) is 0 Å². The molecule has 156 valence electrons. The summed E-state index contributed by atoms with van der Waals surface area (Å²) in [5.41, 5.74) is 3.12. The van der Waals surface area contributed by atoms with Crippen LogP contribution in [0, 0.1) is 0 Å². The third-order valence-corrected chi connectivity index (χ3v) is 5.74. The largest absolute Gasteiger partial charge is 0.477 e. The minimum Gasteiger partial charge on any atom is -0.477 e. The predicted octanol–water partition coefficient (Wildman–Crippen LogP) is 5.62. The van der Waals surface area contributed by atoms with E-state index < -0.39 is 5.97 Å². The van der Waals surface area contributed by atoms with Crippen LogP contribution in [-0.2, 0) is 13.1 Å². The fraction of sp³-hybridized carbons (Fsp3) is 0.0833. The summed E-state index contributed by atoms with van der Waals surface area (Å²) in [5, 5.41) is 14.1. The first-order chi connectivity index (χ1) is 14.9. The molecule has 0 fully saturated rings. The second-order valence-electron chi connectivity index (χ2n) is 7.11. The van der Waals surface area contributed by atoms with E-state index in [2.05, 4.69) is 5.32 Å². The van der Waals surface area contributed by atoms with E-state index in [-0.39, 0.29) is 11.6 Å². The third kappa shape index (κ3) is 4.58. The number of carboxylic acids is 1. The number of nitrogens with one attached hydrogen (secondary N) is 1. The van der Waals surface area contributed by atoms with Gasteiger partial charge in [-0.25, -0.2) is 4.79 Å². The molecule has 0 spiro atoms. The van der Waals surface area contributed by atoms with Crippen molar-refractivity contribution < 1.29 is 14.7 Å². The molecule has 4 rings (SSSR count). The molecule has 1 amide bonds. The lowest BCUT2D eigenvalue weighted by Crippen LogP contribution is -2.22. The number of rotatable bonds is 6. The van der Waals surface area contributed by atoms with Gasteiger partial charge in [-0.2, -0.15) is 0 Å². The van der Waals surface area contributed by atoms with Gasteiger partial charge < -0.3 is 15.0 Å². The number of carboxylic acid groups (broad SMARTS) is 1. The zero-order valence-corrected chi connectivity index (χ0v) is 17.8. The summed E-state index contributed by atoms with van der Waals surface area (Å²) in [6.45, 7) is 0.720. The highest BCUT2D eigenvalue weighted by Crippen LogP contribution is 2.26. The van der Waals surface area contributed by atoms with Crippen LogP contribution in [0.5, 0.6) is 0 Å². The van der Waals surface area contributed by atoms with Crippen molar-refractivity contribution in [3.8, 4) is 0 Å². The van der Waals surface area contributed by atoms with Gasteiger partial charge in [0.15, 0.2) is 0 Å². The molecule has 1 heterocycles. The Bertz CT molecular complexity index is 1280. The Kier molecular flexibility index (Phi) is 5.98. The van der Waals surface area contributed by atoms with Crippen molar-refractivity contribution in [2.45, 2.75) is 13.1 Å². The fourth-order valence-corrected chi connectivity index (χ4v) is 3.78. The highest BCUT2D eigenvalue weighted by Gasteiger charge is 2.17. The van der Waals surface area contributed by atoms with Gasteiger partial charge >= 0.3 is 5.97 Å². The Labute approximate surface area is 188 Å². The molecule has 0 bridgehead atoms. The lowest BCUT2D eigenvalue weighted by Gasteiger charge is -2.10. The quantitative estimate of drug-likeness (QED) is 0.398. The Hall–Kier alpha value is -3.28. The fourth-order valence-electron chi connectivity index (χ4n) is 3.46. The number of carbonyl (C=O) groups excluding carboxylic acids is 1. The Morgan fingerprint density at radius 2 is 1.65 bits per heavy atom. The van der Waals surface area contributed by atoms with E-state index in [0.29, 0.717) is 39.6 Å². The van der Waals surface area contributed by atoms with E-state index in [1.54, 1.807) is 47.0 Å². The zero-order valence-electron chi connectivity index (χ0n) is 16.3. The Morgan fingerprint density at radius 1 is 0.871 bits per heavy atom. The number of amides is 1. The number of fused-ring (bicyclic) bond motifs is 1. The van der Waals surface area contributed by atoms with Crippen LogP contribution in [0.1, 0.15) is 32.0 Å². The lowest BCUT2D eigenvalue weighted by atomic mass is 10.1. The van der Waals surface area contributed by atoms with Crippen molar-refractivity contribution in [1.29, 1.82) is 0 Å². The first kappa shape index (κ1) is 21.0. The number of carbonyl (C=O) groups is 2. The summed E-state index contributed by atoms with van der Waals surface area (Å²) in [6, 6.07) is 21.5. The maximum absolute atomic E-state index is 12.6. The van der Waals surface area contributed by atoms with Gasteiger partial charge in [0.2, 0.25) is 0 Å². The van der Waals surface area contributed by atoms with Gasteiger partial charge in [-0.3, -0.25) is 4.79 Å². The number of hydrogen-bond acceptors (Lipinski definition) is 2. The number of aromatic nitrogens is 1. The van der Waals surface area contributed by atoms with Crippen LogP contribution in [0.4, 0.5) is 0 Å². The van der Waals surface area contributed by atoms with Crippen molar-refractivity contribution in [1.82, 2.24) is 9.88 Å². The summed E-state index contributed by atoms with van der Waals surface area (Å²) in [7, 11) is 0. The monoisotopic (exact) mass is 452 g/mol. The topological polar surface area (TPSA) is 71.3 Å². The highest BCUT2D eigenvalue weighted by atomic mass is 35.5. The maximum Gasteiger partial charge on any atom is 0.352 e. The van der Waals surface area contributed by atoms with Crippen LogP contribution < -0.4 is 5.32 Å². The van der Waals surface area contributed by atoms with E-state index >= 15 is 0 Å². The van der Waals surface area contributed by atoms with Gasteiger partial charge in [-0.05, 0) is 47.5 Å². The smallest absolute Gasteiger partial charge is 0.352 e. The lowest BCUT2D eigenvalue weighted by molar-refractivity contribution is 0.0686. The minimum atomic E-state index is -1.05. The molecular weight excluding hydrogens is 435 g/mol. The molecule has 0 unspecified atom stereocenters. The van der Waals surface area contributed by atoms with Gasteiger partial charge in [0.1, 0.15) is 5.69 Å². The van der Waals surface area contributed by atoms with Gasteiger partial charge in [-0.15, -0.1) is 0 Å². The SMILES string of the molecule is O=C(NCc1ccccc1)c1ccc2c(c1)cc(C(=O)O)n2Cc1ccc(Cl)c(Cl)c1. The molecule has 1 aromatic heterocycles. The van der Waals surface area contributed by atoms with Crippen LogP contribution in [-0.4, -0.2) is 21.6 Å². The molecule has 0 aliphatic heterocycles. The first-order valence-corrected chi connectivity index (χ1v) is 10.3. The van der Waals surface area contributed by atoms with Gasteiger partial charge in [0.25, 0.3) is 5.91 Å². The molecule has 4 aromatic rings. The number of hydrogen-bond donors (Lipinski definition) is 2. The number of aromatic carboxylic acids is 1. The Morgan fingerprint density at radius 3 is 2.35 bits per heavy atom. The molecule has 5 nitrogen and oxygen atoms in total. The van der Waals surface area contributed by atoms with E-state index in [9.17, 15) is 14.7 Å². The molecule has 0 saturated heterocycles. The molecule has 0 aliphatic rings. The Balaban J connectivity index is 1.63. The molecule has 0 saturated carbocycles. The standard InChI is InChI=1S/C24H18Cl2N2O3/c25-19-8-6-16(10-20(19)26)14-28-21-9-7-17(11-18(21)12-22(28)24(30)31)23(29)27-13-15-4-2-1-3-5-15/h1-12H,13-14H2,(H,27,29)(H,30,31). The summed E-state index contributed by atoms with van der Waals surface area (Å²) in [5.74, 6) is -1.27. The van der Waals surface area contributed by atoms with Crippen molar-refractivity contribution in [2.24, 2.45) is 0 Å². The summed E-state index contributed by atoms with van der Waals surface area (Å²) in [6.07, 6.45) is 0. The molecule has 2 N–H and O–H groups in total. The van der Waals surface area contributed by atoms with Crippen LogP contribution in [0.2, 0.25) is 10.0 Å².